The van der Waals surface area contributed by atoms with Gasteiger partial charge in [0.15, 0.2) is 5.96 Å². The summed E-state index contributed by atoms with van der Waals surface area (Å²) < 4.78 is 4.69. The number of nitrogens with zero attached hydrogens (tertiary/aromatic N) is 1. The highest BCUT2D eigenvalue weighted by Crippen LogP contribution is 2.15. The molecule has 0 fully saturated rings. The van der Waals surface area contributed by atoms with E-state index >= 15 is 0 Å². The van der Waals surface area contributed by atoms with E-state index in [2.05, 4.69) is 18.8 Å². The van der Waals surface area contributed by atoms with E-state index in [1.165, 1.54) is 7.11 Å². The van der Waals surface area contributed by atoms with Crippen molar-refractivity contribution in [3.05, 3.63) is 0 Å². The molecular formula is C13H25N3O3. The van der Waals surface area contributed by atoms with Crippen LogP contribution in [-0.4, -0.2) is 31.4 Å². The Labute approximate surface area is 114 Å². The summed E-state index contributed by atoms with van der Waals surface area (Å²) in [4.78, 5) is 27.2. The zero-order valence-corrected chi connectivity index (χ0v) is 12.0. The molecule has 0 radical (unpaired) electrons. The standard InChI is InChI=1S/C13H25N3O3/c1-9(2)4-5-11(17)8-10(12(18)19-3)6-7-16-13(14)15/h9-10H,4-8H2,1-3H3,(H4,14,15,16). The number of aliphatic imine (C=N–C) groups is 1. The Hall–Kier alpha value is -1.59. The van der Waals surface area contributed by atoms with Gasteiger partial charge in [-0.3, -0.25) is 14.6 Å². The van der Waals surface area contributed by atoms with Crippen molar-refractivity contribution < 1.29 is 14.3 Å². The van der Waals surface area contributed by atoms with Gasteiger partial charge in [0.25, 0.3) is 0 Å². The first kappa shape index (κ1) is 17.4. The Balaban J connectivity index is 4.31. The maximum atomic E-state index is 11.8. The minimum atomic E-state index is -0.465. The molecule has 0 aromatic heterocycles. The average molecular weight is 271 g/mol. The number of ether oxygens (including phenoxy) is 1. The van der Waals surface area contributed by atoms with Crippen molar-refractivity contribution in [2.75, 3.05) is 13.7 Å². The van der Waals surface area contributed by atoms with Crippen LogP contribution in [0.3, 0.4) is 0 Å². The van der Waals surface area contributed by atoms with E-state index in [9.17, 15) is 9.59 Å². The number of ketones is 1. The molecule has 0 aliphatic carbocycles. The van der Waals surface area contributed by atoms with Crippen LogP contribution in [0.4, 0.5) is 0 Å². The van der Waals surface area contributed by atoms with Gasteiger partial charge >= 0.3 is 5.97 Å². The van der Waals surface area contributed by atoms with E-state index in [0.29, 0.717) is 25.3 Å². The number of Topliss-reactive ketones (excluding diaryl/α,β-unsaturated/α-hetero) is 1. The van der Waals surface area contributed by atoms with Crippen molar-refractivity contribution in [3.63, 3.8) is 0 Å². The van der Waals surface area contributed by atoms with Crippen LogP contribution < -0.4 is 11.5 Å². The number of rotatable bonds is 9. The summed E-state index contributed by atoms with van der Waals surface area (Å²) in [7, 11) is 1.31. The van der Waals surface area contributed by atoms with E-state index in [0.717, 1.165) is 6.42 Å². The van der Waals surface area contributed by atoms with Gasteiger partial charge in [-0.1, -0.05) is 13.8 Å². The van der Waals surface area contributed by atoms with E-state index in [-0.39, 0.29) is 24.1 Å². The molecule has 0 aromatic carbocycles. The monoisotopic (exact) mass is 271 g/mol. The molecule has 0 aromatic rings. The third-order valence-electron chi connectivity index (χ3n) is 2.78. The minimum absolute atomic E-state index is 0.0187. The summed E-state index contributed by atoms with van der Waals surface area (Å²) in [5.41, 5.74) is 10.4. The van der Waals surface area contributed by atoms with Gasteiger partial charge in [0.05, 0.1) is 13.0 Å². The third kappa shape index (κ3) is 9.04. The normalized spacial score (nSPS) is 12.0. The van der Waals surface area contributed by atoms with Crippen molar-refractivity contribution in [3.8, 4) is 0 Å². The van der Waals surface area contributed by atoms with Crippen molar-refractivity contribution in [2.45, 2.75) is 39.5 Å². The summed E-state index contributed by atoms with van der Waals surface area (Å²) in [5.74, 6) is -0.317. The first-order valence-corrected chi connectivity index (χ1v) is 6.51. The molecule has 6 heteroatoms. The molecule has 6 nitrogen and oxygen atoms in total. The number of methoxy groups -OCH3 is 1. The van der Waals surface area contributed by atoms with E-state index in [1.54, 1.807) is 0 Å². The Morgan fingerprint density at radius 1 is 1.21 bits per heavy atom. The van der Waals surface area contributed by atoms with Crippen LogP contribution in [0.1, 0.15) is 39.5 Å². The number of hydrogen-bond donors (Lipinski definition) is 2. The molecule has 0 rings (SSSR count). The van der Waals surface area contributed by atoms with Gasteiger partial charge in [-0.05, 0) is 18.8 Å². The number of carbonyl (C=O) groups excluding carboxylic acids is 2. The zero-order chi connectivity index (χ0) is 14.8. The fourth-order valence-electron chi connectivity index (χ4n) is 1.65. The molecule has 19 heavy (non-hydrogen) atoms. The number of hydrogen-bond acceptors (Lipinski definition) is 4. The highest BCUT2D eigenvalue weighted by atomic mass is 16.5. The summed E-state index contributed by atoms with van der Waals surface area (Å²) in [6.07, 6.45) is 1.94. The molecular weight excluding hydrogens is 246 g/mol. The van der Waals surface area contributed by atoms with Gasteiger partial charge < -0.3 is 16.2 Å². The lowest BCUT2D eigenvalue weighted by molar-refractivity contribution is -0.147. The fraction of sp³-hybridized carbons (Fsp3) is 0.769. The predicted molar refractivity (Wildman–Crippen MR) is 74.5 cm³/mol. The predicted octanol–water partition coefficient (Wildman–Crippen LogP) is 0.835. The molecule has 0 saturated heterocycles. The van der Waals surface area contributed by atoms with Crippen molar-refractivity contribution >= 4 is 17.7 Å². The van der Waals surface area contributed by atoms with Crippen LogP contribution >= 0.6 is 0 Å². The van der Waals surface area contributed by atoms with Crippen LogP contribution in [-0.2, 0) is 14.3 Å². The van der Waals surface area contributed by atoms with Gasteiger partial charge in [0, 0.05) is 19.4 Å². The molecule has 0 aliphatic rings. The zero-order valence-electron chi connectivity index (χ0n) is 12.0. The summed E-state index contributed by atoms with van der Waals surface area (Å²) >= 11 is 0. The fourth-order valence-corrected chi connectivity index (χ4v) is 1.65. The number of carbonyl (C=O) groups is 2. The molecule has 0 spiro atoms. The number of esters is 1. The molecule has 0 aliphatic heterocycles. The molecule has 0 amide bonds. The highest BCUT2D eigenvalue weighted by molar-refractivity contribution is 5.84. The minimum Gasteiger partial charge on any atom is -0.469 e. The summed E-state index contributed by atoms with van der Waals surface area (Å²) in [6.45, 7) is 4.44. The number of nitrogens with two attached hydrogens (primary N) is 2. The van der Waals surface area contributed by atoms with Crippen molar-refractivity contribution in [2.24, 2.45) is 28.3 Å². The molecule has 0 heterocycles. The lowest BCUT2D eigenvalue weighted by Gasteiger charge is -2.13. The van der Waals surface area contributed by atoms with E-state index in [4.69, 9.17) is 16.2 Å². The molecule has 4 N–H and O–H groups in total. The van der Waals surface area contributed by atoms with E-state index in [1.807, 2.05) is 0 Å². The van der Waals surface area contributed by atoms with Crippen molar-refractivity contribution in [1.82, 2.24) is 0 Å². The SMILES string of the molecule is COC(=O)C(CCN=C(N)N)CC(=O)CCC(C)C. The molecule has 0 bridgehead atoms. The summed E-state index contributed by atoms with van der Waals surface area (Å²) in [5, 5.41) is 0. The molecule has 110 valence electrons. The summed E-state index contributed by atoms with van der Waals surface area (Å²) in [6, 6.07) is 0. The Morgan fingerprint density at radius 3 is 2.32 bits per heavy atom. The Morgan fingerprint density at radius 2 is 1.84 bits per heavy atom. The molecule has 0 saturated carbocycles. The maximum Gasteiger partial charge on any atom is 0.309 e. The van der Waals surface area contributed by atoms with Crippen LogP contribution in [0.2, 0.25) is 0 Å². The largest absolute Gasteiger partial charge is 0.469 e. The molecule has 1 atom stereocenters. The second-order valence-electron chi connectivity index (χ2n) is 4.99. The second-order valence-corrected chi connectivity index (χ2v) is 4.99. The molecule has 1 unspecified atom stereocenters. The van der Waals surface area contributed by atoms with Crippen molar-refractivity contribution in [1.29, 1.82) is 0 Å². The Bertz CT molecular complexity index is 323. The topological polar surface area (TPSA) is 108 Å². The number of guanidine groups is 1. The maximum absolute atomic E-state index is 11.8. The van der Waals surface area contributed by atoms with Crippen LogP contribution in [0.5, 0.6) is 0 Å². The Kier molecular flexibility index (Phi) is 8.57. The van der Waals surface area contributed by atoms with Gasteiger partial charge in [0.1, 0.15) is 5.78 Å². The highest BCUT2D eigenvalue weighted by Gasteiger charge is 2.22. The third-order valence-corrected chi connectivity index (χ3v) is 2.78. The van der Waals surface area contributed by atoms with Crippen LogP contribution in [0.25, 0.3) is 0 Å². The van der Waals surface area contributed by atoms with Gasteiger partial charge in [-0.25, -0.2) is 0 Å². The average Bonchev–Trinajstić information content (AvgIpc) is 2.33. The smallest absolute Gasteiger partial charge is 0.309 e. The lowest BCUT2D eigenvalue weighted by Crippen LogP contribution is -2.25. The lowest BCUT2D eigenvalue weighted by atomic mass is 9.95. The first-order valence-electron chi connectivity index (χ1n) is 6.51. The van der Waals surface area contributed by atoms with Gasteiger partial charge in [-0.15, -0.1) is 0 Å². The quantitative estimate of drug-likeness (QED) is 0.367. The second kappa shape index (κ2) is 9.35. The van der Waals surface area contributed by atoms with E-state index < -0.39 is 5.92 Å². The first-order chi connectivity index (χ1) is 8.86. The van der Waals surface area contributed by atoms with Crippen LogP contribution in [0.15, 0.2) is 4.99 Å². The van der Waals surface area contributed by atoms with Gasteiger partial charge in [0.2, 0.25) is 0 Å². The van der Waals surface area contributed by atoms with Crippen LogP contribution in [0, 0.1) is 11.8 Å². The van der Waals surface area contributed by atoms with Gasteiger partial charge in [-0.2, -0.15) is 0 Å².